The summed E-state index contributed by atoms with van der Waals surface area (Å²) in [7, 11) is -3.18. The lowest BCUT2D eigenvalue weighted by molar-refractivity contribution is -0.142. The third kappa shape index (κ3) is 8.02. The number of fused-ring (bicyclic) bond motifs is 2. The van der Waals surface area contributed by atoms with Gasteiger partial charge in [0.15, 0.2) is 6.10 Å². The molecule has 3 saturated heterocycles. The van der Waals surface area contributed by atoms with Crippen molar-refractivity contribution in [1.82, 2.24) is 29.0 Å². The van der Waals surface area contributed by atoms with E-state index in [1.807, 2.05) is 53.1 Å². The molecule has 1 N–H and O–H groups in total. The fraction of sp³-hybridized carbons (Fsp3) is 0.553. The molecule has 1 aromatic heterocycles. The van der Waals surface area contributed by atoms with E-state index in [2.05, 4.69) is 15.3 Å². The number of carbonyl (C=O) groups is 3. The van der Waals surface area contributed by atoms with Gasteiger partial charge in [0.2, 0.25) is 10.0 Å². The van der Waals surface area contributed by atoms with Crippen LogP contribution in [0.3, 0.4) is 0 Å². The van der Waals surface area contributed by atoms with Gasteiger partial charge >= 0.3 is 12.1 Å². The molecule has 0 saturated carbocycles. The first-order chi connectivity index (χ1) is 25.0. The number of nitrogens with zero attached hydrogens (tertiary/aromatic N) is 6. The van der Waals surface area contributed by atoms with Crippen LogP contribution in [0.15, 0.2) is 48.8 Å². The second-order valence-electron chi connectivity index (χ2n) is 14.8. The highest BCUT2D eigenvalue weighted by molar-refractivity contribution is 7.88. The fourth-order valence-electron chi connectivity index (χ4n) is 8.60. The first-order valence-electron chi connectivity index (χ1n) is 18.6. The summed E-state index contributed by atoms with van der Waals surface area (Å²) in [6.07, 6.45) is 8.60. The number of piperidine rings is 3. The predicted octanol–water partition coefficient (Wildman–Crippen LogP) is 4.45. The van der Waals surface area contributed by atoms with Gasteiger partial charge in [-0.1, -0.05) is 24.3 Å². The normalized spacial score (nSPS) is 20.7. The molecular formula is C38H49N7O6S. The molecular weight excluding hydrogens is 683 g/mol. The van der Waals surface area contributed by atoms with Gasteiger partial charge in [0.05, 0.1) is 17.3 Å². The topological polar surface area (TPSA) is 145 Å². The summed E-state index contributed by atoms with van der Waals surface area (Å²) in [5.74, 6) is 0.658. The highest BCUT2D eigenvalue weighted by atomic mass is 32.2. The highest BCUT2D eigenvalue weighted by Crippen LogP contribution is 2.34. The minimum atomic E-state index is -3.18. The maximum absolute atomic E-state index is 14.2. The minimum Gasteiger partial charge on any atom is -0.436 e. The largest absolute Gasteiger partial charge is 0.436 e. The van der Waals surface area contributed by atoms with Crippen molar-refractivity contribution >= 4 is 44.8 Å². The average molecular weight is 732 g/mol. The van der Waals surface area contributed by atoms with Crippen LogP contribution < -0.4 is 5.32 Å². The molecule has 5 heterocycles. The van der Waals surface area contributed by atoms with Crippen LogP contribution in [0.1, 0.15) is 55.2 Å². The van der Waals surface area contributed by atoms with Crippen LogP contribution in [0.4, 0.5) is 15.3 Å². The number of sulfonamides is 1. The van der Waals surface area contributed by atoms with Gasteiger partial charge in [0.25, 0.3) is 5.91 Å². The number of hydrogen-bond acceptors (Lipinski definition) is 8. The van der Waals surface area contributed by atoms with Gasteiger partial charge in [0, 0.05) is 76.4 Å². The molecule has 278 valence electrons. The van der Waals surface area contributed by atoms with Gasteiger partial charge in [-0.15, -0.1) is 0 Å². The number of rotatable bonds is 7. The molecule has 0 radical (unpaired) electrons. The maximum atomic E-state index is 14.2. The lowest BCUT2D eigenvalue weighted by Gasteiger charge is -2.40. The molecule has 4 aliphatic rings. The Morgan fingerprint density at radius 1 is 0.885 bits per heavy atom. The molecule has 7 rings (SSSR count). The van der Waals surface area contributed by atoms with Crippen molar-refractivity contribution in [3.63, 3.8) is 0 Å². The summed E-state index contributed by atoms with van der Waals surface area (Å²) in [5, 5.41) is 3.05. The van der Waals surface area contributed by atoms with Gasteiger partial charge < -0.3 is 24.8 Å². The summed E-state index contributed by atoms with van der Waals surface area (Å²) in [4.78, 5) is 55.4. The van der Waals surface area contributed by atoms with Crippen molar-refractivity contribution in [3.8, 4) is 0 Å². The number of aryl methyl sites for hydroxylation is 1. The van der Waals surface area contributed by atoms with Crippen molar-refractivity contribution < 1.29 is 27.5 Å². The van der Waals surface area contributed by atoms with Crippen LogP contribution in [-0.4, -0.2) is 120 Å². The standard InChI is InChI=1S/C38H49N7O6S/c1-26-23-27(24-33-35(26)40-15-14-39-33)25-34(36(46)42-16-7-28(8-17-42)29-9-20-44(21-10-29)52(2,49)50)51-38(48)43-18-12-31(13-19-43)45-22-11-30-5-3-4-6-32(30)41-37(45)47/h3-6,14-15,23-24,28-29,31,34H,7-13,16-22,25H2,1-2H3,(H,41,47)/t34-/m1/s1. The van der Waals surface area contributed by atoms with E-state index in [0.29, 0.717) is 70.5 Å². The molecule has 0 spiro atoms. The van der Waals surface area contributed by atoms with E-state index in [9.17, 15) is 22.8 Å². The quantitative estimate of drug-likeness (QED) is 0.376. The van der Waals surface area contributed by atoms with E-state index in [0.717, 1.165) is 65.5 Å². The minimum absolute atomic E-state index is 0.00242. The number of amides is 4. The number of ether oxygens (including phenoxy) is 1. The molecule has 1 atom stereocenters. The number of benzene rings is 2. The molecule has 13 nitrogen and oxygen atoms in total. The van der Waals surface area contributed by atoms with Gasteiger partial charge in [-0.2, -0.15) is 0 Å². The zero-order valence-electron chi connectivity index (χ0n) is 30.1. The Labute approximate surface area is 305 Å². The monoisotopic (exact) mass is 731 g/mol. The number of urea groups is 1. The number of anilines is 1. The molecule has 0 unspecified atom stereocenters. The Morgan fingerprint density at radius 2 is 1.54 bits per heavy atom. The first kappa shape index (κ1) is 36.1. The summed E-state index contributed by atoms with van der Waals surface area (Å²) in [5.41, 5.74) is 5.25. The van der Waals surface area contributed by atoms with E-state index in [1.54, 1.807) is 21.6 Å². The molecule has 14 heteroatoms. The fourth-order valence-corrected chi connectivity index (χ4v) is 9.48. The van der Waals surface area contributed by atoms with Crippen LogP contribution in [0.25, 0.3) is 11.0 Å². The van der Waals surface area contributed by atoms with Gasteiger partial charge in [-0.3, -0.25) is 14.8 Å². The van der Waals surface area contributed by atoms with Crippen LogP contribution >= 0.6 is 0 Å². The molecule has 0 aliphatic carbocycles. The average Bonchev–Trinajstić information content (AvgIpc) is 3.32. The van der Waals surface area contributed by atoms with Crippen LogP contribution in [0.5, 0.6) is 0 Å². The molecule has 2 aromatic carbocycles. The molecule has 4 amide bonds. The smallest absolute Gasteiger partial charge is 0.410 e. The van der Waals surface area contributed by atoms with Crippen molar-refractivity contribution in [2.45, 2.75) is 70.4 Å². The molecule has 52 heavy (non-hydrogen) atoms. The van der Waals surface area contributed by atoms with Gasteiger partial charge in [-0.05, 0) is 92.5 Å². The highest BCUT2D eigenvalue weighted by Gasteiger charge is 2.37. The first-order valence-corrected chi connectivity index (χ1v) is 20.4. The van der Waals surface area contributed by atoms with E-state index < -0.39 is 22.2 Å². The van der Waals surface area contributed by atoms with Crippen molar-refractivity contribution in [2.24, 2.45) is 11.8 Å². The molecule has 3 fully saturated rings. The summed E-state index contributed by atoms with van der Waals surface area (Å²) < 4.78 is 31.7. The number of carbonyl (C=O) groups excluding carboxylic acids is 3. The SMILES string of the molecule is Cc1cc(C[C@@H](OC(=O)N2CCC(N3CCc4ccccc4NC3=O)CC2)C(=O)N2CCC(C3CCN(S(C)(=O)=O)CC3)CC2)cc2nccnc12. The number of aromatic nitrogens is 2. The van der Waals surface area contributed by atoms with Gasteiger partial charge in [-0.25, -0.2) is 22.3 Å². The lowest BCUT2D eigenvalue weighted by Crippen LogP contribution is -2.52. The third-order valence-corrected chi connectivity index (χ3v) is 12.9. The van der Waals surface area contributed by atoms with Crippen LogP contribution in [0, 0.1) is 18.8 Å². The maximum Gasteiger partial charge on any atom is 0.410 e. The number of para-hydroxylation sites is 1. The molecule has 4 aliphatic heterocycles. The van der Waals surface area contributed by atoms with E-state index in [1.165, 1.54) is 6.26 Å². The van der Waals surface area contributed by atoms with E-state index in [-0.39, 0.29) is 24.4 Å². The Bertz CT molecular complexity index is 1900. The van der Waals surface area contributed by atoms with Crippen LogP contribution in [-0.2, 0) is 32.4 Å². The Hall–Kier alpha value is -4.30. The van der Waals surface area contributed by atoms with Crippen molar-refractivity contribution in [2.75, 3.05) is 57.4 Å². The van der Waals surface area contributed by atoms with E-state index >= 15 is 0 Å². The number of nitrogens with one attached hydrogen (secondary N) is 1. The summed E-state index contributed by atoms with van der Waals surface area (Å²) in [6, 6.07) is 11.6. The second-order valence-corrected chi connectivity index (χ2v) is 16.8. The zero-order valence-corrected chi connectivity index (χ0v) is 30.9. The predicted molar refractivity (Wildman–Crippen MR) is 197 cm³/mol. The van der Waals surface area contributed by atoms with E-state index in [4.69, 9.17) is 4.74 Å². The molecule has 0 bridgehead atoms. The van der Waals surface area contributed by atoms with Crippen LogP contribution in [0.2, 0.25) is 0 Å². The Kier molecular flexibility index (Phi) is 10.7. The van der Waals surface area contributed by atoms with Crippen molar-refractivity contribution in [3.05, 3.63) is 65.5 Å². The second kappa shape index (κ2) is 15.4. The Balaban J connectivity index is 0.996. The number of likely N-dealkylation sites (tertiary alicyclic amines) is 2. The summed E-state index contributed by atoms with van der Waals surface area (Å²) >= 11 is 0. The molecule has 3 aromatic rings. The van der Waals surface area contributed by atoms with Crippen molar-refractivity contribution in [1.29, 1.82) is 0 Å². The van der Waals surface area contributed by atoms with Gasteiger partial charge in [0.1, 0.15) is 0 Å². The lowest BCUT2D eigenvalue weighted by atomic mass is 9.79. The Morgan fingerprint density at radius 3 is 2.25 bits per heavy atom. The number of hydrogen-bond donors (Lipinski definition) is 1. The third-order valence-electron chi connectivity index (χ3n) is 11.6. The summed E-state index contributed by atoms with van der Waals surface area (Å²) in [6.45, 7) is 5.66. The zero-order chi connectivity index (χ0) is 36.4.